The van der Waals surface area contributed by atoms with Crippen LogP contribution in [0.4, 0.5) is 5.69 Å². The molecule has 0 aromatic heterocycles. The average molecular weight is 222 g/mol. The fourth-order valence-corrected chi connectivity index (χ4v) is 1.70. The zero-order valence-corrected chi connectivity index (χ0v) is 9.47. The van der Waals surface area contributed by atoms with Crippen LogP contribution in [-0.2, 0) is 5.41 Å². The molecule has 0 unspecified atom stereocenters. The largest absolute Gasteiger partial charge is 0.411 e. The zero-order valence-electron chi connectivity index (χ0n) is 9.47. The second-order valence-corrected chi connectivity index (χ2v) is 4.49. The van der Waals surface area contributed by atoms with Gasteiger partial charge >= 0.3 is 0 Å². The van der Waals surface area contributed by atoms with E-state index in [1.54, 1.807) is 12.1 Å². The van der Waals surface area contributed by atoms with E-state index in [-0.39, 0.29) is 11.1 Å². The first-order valence-electron chi connectivity index (χ1n) is 4.83. The van der Waals surface area contributed by atoms with E-state index in [4.69, 9.17) is 5.21 Å². The third-order valence-electron chi connectivity index (χ3n) is 2.22. The summed E-state index contributed by atoms with van der Waals surface area (Å²) in [5.41, 5.74) is 0.784. The number of hydrogen-bond acceptors (Lipinski definition) is 4. The highest BCUT2D eigenvalue weighted by atomic mass is 16.6. The van der Waals surface area contributed by atoms with E-state index in [2.05, 4.69) is 5.16 Å². The molecule has 0 fully saturated rings. The van der Waals surface area contributed by atoms with Crippen molar-refractivity contribution >= 4 is 11.9 Å². The Bertz CT molecular complexity index is 433. The SMILES string of the molecule is CC(C)(C)c1c(/C=N\O)cccc1[N+](=O)[O-]. The maximum atomic E-state index is 10.9. The molecule has 0 heterocycles. The Kier molecular flexibility index (Phi) is 3.27. The van der Waals surface area contributed by atoms with E-state index < -0.39 is 4.92 Å². The van der Waals surface area contributed by atoms with Crippen molar-refractivity contribution in [2.24, 2.45) is 5.16 Å². The molecular weight excluding hydrogens is 208 g/mol. The zero-order chi connectivity index (χ0) is 12.3. The summed E-state index contributed by atoms with van der Waals surface area (Å²) in [7, 11) is 0. The van der Waals surface area contributed by atoms with Crippen LogP contribution in [0.15, 0.2) is 23.4 Å². The average Bonchev–Trinajstić information content (AvgIpc) is 2.16. The Hall–Kier alpha value is -1.91. The number of nitrogens with zero attached hydrogens (tertiary/aromatic N) is 2. The van der Waals surface area contributed by atoms with Gasteiger partial charge in [-0.25, -0.2) is 0 Å². The molecule has 1 aromatic carbocycles. The van der Waals surface area contributed by atoms with Gasteiger partial charge in [0.05, 0.1) is 11.1 Å². The number of oxime groups is 1. The summed E-state index contributed by atoms with van der Waals surface area (Å²) in [5, 5.41) is 22.4. The smallest absolute Gasteiger partial charge is 0.273 e. The number of nitro groups is 1. The van der Waals surface area contributed by atoms with Crippen molar-refractivity contribution in [3.8, 4) is 0 Å². The van der Waals surface area contributed by atoms with Gasteiger partial charge in [0, 0.05) is 17.2 Å². The van der Waals surface area contributed by atoms with E-state index in [0.29, 0.717) is 11.1 Å². The number of nitro benzene ring substituents is 1. The van der Waals surface area contributed by atoms with Crippen LogP contribution in [0.1, 0.15) is 31.9 Å². The molecule has 16 heavy (non-hydrogen) atoms. The molecule has 1 aromatic rings. The Balaban J connectivity index is 3.53. The lowest BCUT2D eigenvalue weighted by Crippen LogP contribution is -2.16. The number of hydrogen-bond donors (Lipinski definition) is 1. The van der Waals surface area contributed by atoms with Crippen LogP contribution in [0.25, 0.3) is 0 Å². The molecule has 0 amide bonds. The monoisotopic (exact) mass is 222 g/mol. The van der Waals surface area contributed by atoms with Gasteiger partial charge in [-0.05, 0) is 5.41 Å². The lowest BCUT2D eigenvalue weighted by Gasteiger charge is -2.20. The minimum Gasteiger partial charge on any atom is -0.411 e. The van der Waals surface area contributed by atoms with Crippen molar-refractivity contribution in [2.75, 3.05) is 0 Å². The van der Waals surface area contributed by atoms with Crippen molar-refractivity contribution in [1.29, 1.82) is 0 Å². The highest BCUT2D eigenvalue weighted by Crippen LogP contribution is 2.33. The van der Waals surface area contributed by atoms with Crippen LogP contribution in [-0.4, -0.2) is 16.3 Å². The summed E-state index contributed by atoms with van der Waals surface area (Å²) >= 11 is 0. The molecule has 0 atom stereocenters. The molecule has 0 aliphatic carbocycles. The predicted molar refractivity (Wildman–Crippen MR) is 61.2 cm³/mol. The van der Waals surface area contributed by atoms with Gasteiger partial charge in [-0.3, -0.25) is 10.1 Å². The molecular formula is C11H14N2O3. The normalized spacial score (nSPS) is 11.9. The van der Waals surface area contributed by atoms with Crippen molar-refractivity contribution in [3.63, 3.8) is 0 Å². The molecule has 1 rings (SSSR count). The molecule has 5 heteroatoms. The second kappa shape index (κ2) is 4.30. The van der Waals surface area contributed by atoms with Gasteiger partial charge in [0.25, 0.3) is 5.69 Å². The topological polar surface area (TPSA) is 75.7 Å². The molecule has 86 valence electrons. The van der Waals surface area contributed by atoms with Crippen LogP contribution in [0, 0.1) is 10.1 Å². The molecule has 0 spiro atoms. The van der Waals surface area contributed by atoms with Crippen molar-refractivity contribution < 1.29 is 10.1 Å². The minimum atomic E-state index is -0.421. The first-order valence-corrected chi connectivity index (χ1v) is 4.83. The highest BCUT2D eigenvalue weighted by molar-refractivity contribution is 5.83. The first kappa shape index (κ1) is 12.2. The summed E-state index contributed by atoms with van der Waals surface area (Å²) in [6, 6.07) is 4.72. The fourth-order valence-electron chi connectivity index (χ4n) is 1.70. The lowest BCUT2D eigenvalue weighted by molar-refractivity contribution is -0.386. The van der Waals surface area contributed by atoms with Gasteiger partial charge in [0.2, 0.25) is 0 Å². The van der Waals surface area contributed by atoms with Crippen molar-refractivity contribution in [1.82, 2.24) is 0 Å². The third kappa shape index (κ3) is 2.36. The number of benzene rings is 1. The first-order chi connectivity index (χ1) is 7.38. The molecule has 0 bridgehead atoms. The summed E-state index contributed by atoms with van der Waals surface area (Å²) in [4.78, 5) is 10.5. The molecule has 5 nitrogen and oxygen atoms in total. The molecule has 0 aliphatic heterocycles. The Morgan fingerprint density at radius 1 is 1.44 bits per heavy atom. The van der Waals surface area contributed by atoms with Crippen LogP contribution in [0.3, 0.4) is 0 Å². The van der Waals surface area contributed by atoms with E-state index in [0.717, 1.165) is 0 Å². The molecule has 0 radical (unpaired) electrons. The number of rotatable bonds is 2. The van der Waals surface area contributed by atoms with Gasteiger partial charge in [0.15, 0.2) is 0 Å². The van der Waals surface area contributed by atoms with E-state index in [1.807, 2.05) is 20.8 Å². The second-order valence-electron chi connectivity index (χ2n) is 4.49. The molecule has 0 aliphatic rings. The molecule has 1 N–H and O–H groups in total. The summed E-state index contributed by atoms with van der Waals surface area (Å²) in [6.07, 6.45) is 1.22. The lowest BCUT2D eigenvalue weighted by atomic mass is 9.83. The van der Waals surface area contributed by atoms with Gasteiger partial charge in [-0.1, -0.05) is 38.1 Å². The summed E-state index contributed by atoms with van der Waals surface area (Å²) in [6.45, 7) is 5.64. The van der Waals surface area contributed by atoms with Crippen molar-refractivity contribution in [3.05, 3.63) is 39.4 Å². The van der Waals surface area contributed by atoms with Crippen LogP contribution in [0.2, 0.25) is 0 Å². The molecule has 0 saturated heterocycles. The summed E-state index contributed by atoms with van der Waals surface area (Å²) in [5.74, 6) is 0. The minimum absolute atomic E-state index is 0.0462. The maximum Gasteiger partial charge on any atom is 0.273 e. The molecule has 0 saturated carbocycles. The Morgan fingerprint density at radius 3 is 2.50 bits per heavy atom. The predicted octanol–water partition coefficient (Wildman–Crippen LogP) is 2.70. The fraction of sp³-hybridized carbons (Fsp3) is 0.364. The van der Waals surface area contributed by atoms with E-state index in [9.17, 15) is 10.1 Å². The van der Waals surface area contributed by atoms with Gasteiger partial charge in [-0.15, -0.1) is 0 Å². The third-order valence-corrected chi connectivity index (χ3v) is 2.22. The standard InChI is InChI=1S/C11H14N2O3/c1-11(2,3)10-8(7-12-14)5-4-6-9(10)13(15)16/h4-7,14H,1-3H3/b12-7-. The highest BCUT2D eigenvalue weighted by Gasteiger charge is 2.27. The Labute approximate surface area is 93.6 Å². The van der Waals surface area contributed by atoms with Gasteiger partial charge < -0.3 is 5.21 Å². The van der Waals surface area contributed by atoms with Crippen LogP contribution >= 0.6 is 0 Å². The van der Waals surface area contributed by atoms with Crippen LogP contribution in [0.5, 0.6) is 0 Å². The van der Waals surface area contributed by atoms with Gasteiger partial charge in [0.1, 0.15) is 0 Å². The van der Waals surface area contributed by atoms with Crippen molar-refractivity contribution in [2.45, 2.75) is 26.2 Å². The maximum absolute atomic E-state index is 10.9. The quantitative estimate of drug-likeness (QED) is 0.361. The van der Waals surface area contributed by atoms with E-state index >= 15 is 0 Å². The van der Waals surface area contributed by atoms with E-state index in [1.165, 1.54) is 12.3 Å². The van der Waals surface area contributed by atoms with Crippen LogP contribution < -0.4 is 0 Å². The van der Waals surface area contributed by atoms with Gasteiger partial charge in [-0.2, -0.15) is 0 Å². The summed E-state index contributed by atoms with van der Waals surface area (Å²) < 4.78 is 0. The Morgan fingerprint density at radius 2 is 2.06 bits per heavy atom.